The van der Waals surface area contributed by atoms with Gasteiger partial charge in [0, 0.05) is 11.3 Å². The van der Waals surface area contributed by atoms with Gasteiger partial charge in [-0.05, 0) is 98.7 Å². The van der Waals surface area contributed by atoms with Crippen molar-refractivity contribution in [1.82, 2.24) is 0 Å². The minimum absolute atomic E-state index is 0.0435. The molecule has 46 heavy (non-hydrogen) atoms. The molecule has 7 N–H and O–H groups in total. The lowest BCUT2D eigenvalue weighted by molar-refractivity contribution is -0.299. The molecule has 4 saturated carbocycles. The summed E-state index contributed by atoms with van der Waals surface area (Å²) in [6.45, 7) is 12.3. The van der Waals surface area contributed by atoms with Crippen LogP contribution in [-0.4, -0.2) is 97.3 Å². The van der Waals surface area contributed by atoms with Crippen LogP contribution in [0.2, 0.25) is 0 Å². The smallest absolute Gasteiger partial charge is 0.315 e. The average Bonchev–Trinajstić information content (AvgIpc) is 3.01. The predicted octanol–water partition coefficient (Wildman–Crippen LogP) is 2.44. The van der Waals surface area contributed by atoms with Crippen molar-refractivity contribution in [3.8, 4) is 0 Å². The molecule has 7 unspecified atom stereocenters. The lowest BCUT2D eigenvalue weighted by Gasteiger charge is -2.72. The van der Waals surface area contributed by atoms with E-state index in [2.05, 4.69) is 26.8 Å². The molecule has 262 valence electrons. The van der Waals surface area contributed by atoms with E-state index in [1.165, 1.54) is 0 Å². The van der Waals surface area contributed by atoms with Gasteiger partial charge in [0.1, 0.15) is 24.4 Å². The standard InChI is InChI=1S/C36H58O10/c1-19-9-14-36(30(43)46-29-27(42)26(41)25(40)21(17-37)45-29)16-15-33(4)20(28(36)35(19,6)44)7-8-23-31(2)12-11-24(39)32(3,18-38)22(31)10-13-34(23,33)5/h7,19,21-29,37-42,44H,8-18H2,1-6H3/t19?,21?,22-,23-,24?,25?,26?,27?,28+,29?,31+,32+,33-,34-,35-,36+/m1/s1. The number of hydrogen-bond acceptors (Lipinski definition) is 10. The fourth-order valence-electron chi connectivity index (χ4n) is 12.3. The SMILES string of the molecule is CC1CC[C@]2(C(=O)OC3OC(CO)C(O)C(O)C3O)CC[C@]3(C)C(=CC[C@@H]4[C@@]5(C)CCC(O)[C@@](C)(CO)[C@@H]5CC[C@]43C)[C@H]2[C@]1(C)O. The number of rotatable bonds is 4. The number of esters is 1. The van der Waals surface area contributed by atoms with Gasteiger partial charge in [-0.1, -0.05) is 46.3 Å². The van der Waals surface area contributed by atoms with E-state index in [0.29, 0.717) is 38.0 Å². The van der Waals surface area contributed by atoms with Gasteiger partial charge in [-0.2, -0.15) is 0 Å². The molecule has 0 bridgehead atoms. The van der Waals surface area contributed by atoms with Gasteiger partial charge >= 0.3 is 5.97 Å². The van der Waals surface area contributed by atoms with Crippen molar-refractivity contribution in [2.75, 3.05) is 13.2 Å². The Bertz CT molecular complexity index is 1240. The summed E-state index contributed by atoms with van der Waals surface area (Å²) in [4.78, 5) is 14.5. The number of carbonyl (C=O) groups is 1. The van der Waals surface area contributed by atoms with Gasteiger partial charge in [0.2, 0.25) is 6.29 Å². The van der Waals surface area contributed by atoms with E-state index < -0.39 is 71.7 Å². The van der Waals surface area contributed by atoms with Gasteiger partial charge < -0.3 is 45.2 Å². The summed E-state index contributed by atoms with van der Waals surface area (Å²) < 4.78 is 11.5. The Balaban J connectivity index is 1.39. The van der Waals surface area contributed by atoms with Crippen LogP contribution in [0.5, 0.6) is 0 Å². The summed E-state index contributed by atoms with van der Waals surface area (Å²) >= 11 is 0. The van der Waals surface area contributed by atoms with Crippen molar-refractivity contribution < 1.29 is 50.0 Å². The van der Waals surface area contributed by atoms with Crippen LogP contribution in [0.4, 0.5) is 0 Å². The van der Waals surface area contributed by atoms with Crippen molar-refractivity contribution in [1.29, 1.82) is 0 Å². The first kappa shape index (κ1) is 34.7. The number of carbonyl (C=O) groups excluding carboxylic acids is 1. The first-order chi connectivity index (χ1) is 21.4. The van der Waals surface area contributed by atoms with Crippen LogP contribution in [0.15, 0.2) is 11.6 Å². The molecule has 0 aromatic carbocycles. The largest absolute Gasteiger partial charge is 0.432 e. The third kappa shape index (κ3) is 4.39. The van der Waals surface area contributed by atoms with Crippen LogP contribution in [0.3, 0.4) is 0 Å². The molecule has 0 radical (unpaired) electrons. The van der Waals surface area contributed by atoms with Gasteiger partial charge in [0.25, 0.3) is 0 Å². The molecule has 0 aromatic heterocycles. The fourth-order valence-corrected chi connectivity index (χ4v) is 12.3. The quantitative estimate of drug-likeness (QED) is 0.177. The molecular weight excluding hydrogens is 592 g/mol. The van der Waals surface area contributed by atoms with Crippen LogP contribution < -0.4 is 0 Å². The summed E-state index contributed by atoms with van der Waals surface area (Å²) in [6, 6.07) is 0. The highest BCUT2D eigenvalue weighted by Crippen LogP contribution is 2.76. The van der Waals surface area contributed by atoms with Crippen LogP contribution >= 0.6 is 0 Å². The predicted molar refractivity (Wildman–Crippen MR) is 168 cm³/mol. The number of ether oxygens (including phenoxy) is 2. The summed E-state index contributed by atoms with van der Waals surface area (Å²) in [7, 11) is 0. The molecule has 6 rings (SSSR count). The molecule has 0 aromatic rings. The first-order valence-electron chi connectivity index (χ1n) is 17.6. The molecule has 1 aliphatic heterocycles. The molecule has 5 aliphatic carbocycles. The highest BCUT2D eigenvalue weighted by molar-refractivity contribution is 5.79. The summed E-state index contributed by atoms with van der Waals surface area (Å²) in [6.07, 6.45) is 0.492. The van der Waals surface area contributed by atoms with Gasteiger partial charge in [0.15, 0.2) is 0 Å². The first-order valence-corrected chi connectivity index (χ1v) is 17.6. The Morgan fingerprint density at radius 2 is 1.59 bits per heavy atom. The second-order valence-corrected chi connectivity index (χ2v) is 17.4. The van der Waals surface area contributed by atoms with E-state index in [9.17, 15) is 40.5 Å². The minimum Gasteiger partial charge on any atom is -0.432 e. The lowest BCUT2D eigenvalue weighted by Crippen LogP contribution is -2.68. The van der Waals surface area contributed by atoms with E-state index in [4.69, 9.17) is 9.47 Å². The molecule has 10 nitrogen and oxygen atoms in total. The van der Waals surface area contributed by atoms with Gasteiger partial charge in [0.05, 0.1) is 30.3 Å². The number of allylic oxidation sites excluding steroid dienone is 1. The van der Waals surface area contributed by atoms with Crippen molar-refractivity contribution in [2.24, 2.45) is 50.7 Å². The molecule has 1 saturated heterocycles. The van der Waals surface area contributed by atoms with Crippen LogP contribution in [0.25, 0.3) is 0 Å². The Morgan fingerprint density at radius 3 is 2.24 bits per heavy atom. The zero-order valence-electron chi connectivity index (χ0n) is 28.5. The van der Waals surface area contributed by atoms with Gasteiger partial charge in [-0.25, -0.2) is 0 Å². The zero-order valence-corrected chi connectivity index (χ0v) is 28.5. The van der Waals surface area contributed by atoms with E-state index in [1.807, 2.05) is 20.8 Å². The third-order valence-electron chi connectivity index (χ3n) is 15.7. The number of hydrogen-bond donors (Lipinski definition) is 7. The molecule has 10 heteroatoms. The Kier molecular flexibility index (Phi) is 8.46. The molecular formula is C36H58O10. The number of aliphatic hydroxyl groups is 7. The maximum absolute atomic E-state index is 14.5. The van der Waals surface area contributed by atoms with Crippen molar-refractivity contribution in [3.05, 3.63) is 11.6 Å². The van der Waals surface area contributed by atoms with Crippen molar-refractivity contribution in [2.45, 2.75) is 142 Å². The van der Waals surface area contributed by atoms with Crippen LogP contribution in [-0.2, 0) is 14.3 Å². The molecule has 1 heterocycles. The van der Waals surface area contributed by atoms with E-state index in [1.54, 1.807) is 0 Å². The Morgan fingerprint density at radius 1 is 0.891 bits per heavy atom. The molecule has 6 aliphatic rings. The Hall–Kier alpha value is -1.11. The average molecular weight is 651 g/mol. The van der Waals surface area contributed by atoms with Crippen LogP contribution in [0, 0.1) is 50.7 Å². The molecule has 0 amide bonds. The molecule has 0 spiro atoms. The topological polar surface area (TPSA) is 177 Å². The molecule has 16 atom stereocenters. The zero-order chi connectivity index (χ0) is 33.8. The summed E-state index contributed by atoms with van der Waals surface area (Å²) in [5, 5.41) is 75.0. The monoisotopic (exact) mass is 650 g/mol. The van der Waals surface area contributed by atoms with Gasteiger partial charge in [-0.15, -0.1) is 0 Å². The van der Waals surface area contributed by atoms with Gasteiger partial charge in [-0.3, -0.25) is 4.79 Å². The normalized spacial score (nSPS) is 56.8. The third-order valence-corrected chi connectivity index (χ3v) is 15.7. The van der Waals surface area contributed by atoms with E-state index >= 15 is 0 Å². The number of fused-ring (bicyclic) bond motifs is 7. The highest BCUT2D eigenvalue weighted by atomic mass is 16.7. The van der Waals surface area contributed by atoms with E-state index in [-0.39, 0.29) is 34.7 Å². The van der Waals surface area contributed by atoms with Crippen molar-refractivity contribution in [3.63, 3.8) is 0 Å². The van der Waals surface area contributed by atoms with Crippen molar-refractivity contribution >= 4 is 5.97 Å². The highest BCUT2D eigenvalue weighted by Gasteiger charge is 2.72. The Labute approximate surface area is 273 Å². The summed E-state index contributed by atoms with van der Waals surface area (Å²) in [5.74, 6) is -0.749. The maximum atomic E-state index is 14.5. The maximum Gasteiger partial charge on any atom is 0.315 e. The fraction of sp³-hybridized carbons (Fsp3) is 0.917. The lowest BCUT2D eigenvalue weighted by atomic mass is 9.33. The van der Waals surface area contributed by atoms with E-state index in [0.717, 1.165) is 31.3 Å². The second-order valence-electron chi connectivity index (χ2n) is 17.4. The minimum atomic E-state index is -1.70. The summed E-state index contributed by atoms with van der Waals surface area (Å²) in [5.41, 5.74) is -2.34. The molecule has 5 fully saturated rings. The number of aliphatic hydroxyl groups excluding tert-OH is 6. The second kappa shape index (κ2) is 11.2. The van der Waals surface area contributed by atoms with Crippen LogP contribution in [0.1, 0.15) is 99.3 Å².